The average molecular weight is 319 g/mol. The van der Waals surface area contributed by atoms with Gasteiger partial charge in [0, 0.05) is 12.7 Å². The van der Waals surface area contributed by atoms with Gasteiger partial charge in [-0.2, -0.15) is 0 Å². The van der Waals surface area contributed by atoms with Crippen LogP contribution in [0.4, 0.5) is 4.79 Å². The number of hydrogen-bond acceptors (Lipinski definition) is 5. The Hall–Kier alpha value is -0.850. The summed E-state index contributed by atoms with van der Waals surface area (Å²) in [6.07, 6.45) is 2.31. The zero-order valence-corrected chi connectivity index (χ0v) is 13.5. The first-order valence-corrected chi connectivity index (χ1v) is 7.73. The monoisotopic (exact) mass is 318 g/mol. The van der Waals surface area contributed by atoms with E-state index in [0.717, 1.165) is 11.3 Å². The van der Waals surface area contributed by atoms with Crippen molar-refractivity contribution in [3.63, 3.8) is 0 Å². The quantitative estimate of drug-likeness (QED) is 0.858. The fraction of sp³-hybridized carbons (Fsp3) is 0.692. The molecular weight excluding hydrogens is 300 g/mol. The van der Waals surface area contributed by atoms with Gasteiger partial charge in [0.05, 0.1) is 24.1 Å². The van der Waals surface area contributed by atoms with Crippen LogP contribution in [0.25, 0.3) is 0 Å². The number of carbonyl (C=O) groups excluding carboxylic acids is 1. The molecule has 0 spiro atoms. The summed E-state index contributed by atoms with van der Waals surface area (Å²) < 4.78 is 11.6. The number of aromatic nitrogens is 1. The van der Waals surface area contributed by atoms with Gasteiger partial charge in [-0.1, -0.05) is 11.6 Å². The van der Waals surface area contributed by atoms with Crippen molar-refractivity contribution >= 4 is 29.0 Å². The Morgan fingerprint density at radius 1 is 1.60 bits per heavy atom. The van der Waals surface area contributed by atoms with Gasteiger partial charge in [0.2, 0.25) is 0 Å². The highest BCUT2D eigenvalue weighted by atomic mass is 35.5. The van der Waals surface area contributed by atoms with Gasteiger partial charge in [0.25, 0.3) is 0 Å². The van der Waals surface area contributed by atoms with Crippen molar-refractivity contribution in [2.45, 2.75) is 45.5 Å². The summed E-state index contributed by atoms with van der Waals surface area (Å²) in [5.74, 6) is 0. The molecule has 0 aliphatic carbocycles. The molecular formula is C13H19ClN2O3S. The third-order valence-electron chi connectivity index (χ3n) is 2.78. The molecule has 1 amide bonds. The van der Waals surface area contributed by atoms with E-state index in [1.165, 1.54) is 11.3 Å². The Labute approximate surface area is 127 Å². The maximum Gasteiger partial charge on any atom is 0.410 e. The lowest BCUT2D eigenvalue weighted by Gasteiger charge is -2.24. The second kappa shape index (κ2) is 6.28. The van der Waals surface area contributed by atoms with Crippen molar-refractivity contribution in [2.24, 2.45) is 0 Å². The second-order valence-corrected chi connectivity index (χ2v) is 7.42. The van der Waals surface area contributed by atoms with E-state index in [1.807, 2.05) is 20.8 Å². The first-order valence-electron chi connectivity index (χ1n) is 6.53. The topological polar surface area (TPSA) is 51.7 Å². The lowest BCUT2D eigenvalue weighted by molar-refractivity contribution is 0.0187. The van der Waals surface area contributed by atoms with Gasteiger partial charge in [-0.3, -0.25) is 0 Å². The molecule has 5 nitrogen and oxygen atoms in total. The molecule has 1 atom stereocenters. The standard InChI is InChI=1S/C13H19ClN2O3S/c1-13(2,3)19-12(17)16-5-4-9(7-16)18-8-10-6-15-11(14)20-10/h6,9H,4-5,7-8H2,1-3H3/t9-/m0/s1. The fourth-order valence-electron chi connectivity index (χ4n) is 1.91. The first-order chi connectivity index (χ1) is 9.33. The Bertz CT molecular complexity index is 472. The highest BCUT2D eigenvalue weighted by Crippen LogP contribution is 2.21. The largest absolute Gasteiger partial charge is 0.444 e. The summed E-state index contributed by atoms with van der Waals surface area (Å²) in [6, 6.07) is 0. The smallest absolute Gasteiger partial charge is 0.410 e. The third-order valence-corrected chi connectivity index (χ3v) is 3.87. The van der Waals surface area contributed by atoms with Crippen LogP contribution in [-0.2, 0) is 16.1 Å². The Balaban J connectivity index is 1.76. The van der Waals surface area contributed by atoms with Crippen molar-refractivity contribution in [3.8, 4) is 0 Å². The van der Waals surface area contributed by atoms with Crippen molar-refractivity contribution in [1.29, 1.82) is 0 Å². The molecule has 1 aliphatic heterocycles. The van der Waals surface area contributed by atoms with Gasteiger partial charge in [-0.25, -0.2) is 9.78 Å². The van der Waals surface area contributed by atoms with Gasteiger partial charge in [-0.05, 0) is 27.2 Å². The van der Waals surface area contributed by atoms with E-state index >= 15 is 0 Å². The van der Waals surface area contributed by atoms with E-state index in [4.69, 9.17) is 21.1 Å². The summed E-state index contributed by atoms with van der Waals surface area (Å²) in [7, 11) is 0. The van der Waals surface area contributed by atoms with Crippen LogP contribution in [0.1, 0.15) is 32.1 Å². The Morgan fingerprint density at radius 3 is 2.95 bits per heavy atom. The van der Waals surface area contributed by atoms with Crippen LogP contribution in [0.3, 0.4) is 0 Å². The van der Waals surface area contributed by atoms with Crippen LogP contribution < -0.4 is 0 Å². The number of amides is 1. The number of ether oxygens (including phenoxy) is 2. The number of thiazole rings is 1. The lowest BCUT2D eigenvalue weighted by atomic mass is 10.2. The van der Waals surface area contributed by atoms with Gasteiger partial charge < -0.3 is 14.4 Å². The molecule has 112 valence electrons. The van der Waals surface area contributed by atoms with Gasteiger partial charge in [-0.15, -0.1) is 11.3 Å². The fourth-order valence-corrected chi connectivity index (χ4v) is 2.81. The molecule has 0 radical (unpaired) electrons. The molecule has 2 heterocycles. The lowest BCUT2D eigenvalue weighted by Crippen LogP contribution is -2.36. The number of nitrogens with zero attached hydrogens (tertiary/aromatic N) is 2. The van der Waals surface area contributed by atoms with Crippen LogP contribution in [0.15, 0.2) is 6.20 Å². The molecule has 20 heavy (non-hydrogen) atoms. The summed E-state index contributed by atoms with van der Waals surface area (Å²) in [6.45, 7) is 7.31. The molecule has 7 heteroatoms. The second-order valence-electron chi connectivity index (χ2n) is 5.73. The van der Waals surface area contributed by atoms with Crippen molar-refractivity contribution in [2.75, 3.05) is 13.1 Å². The van der Waals surface area contributed by atoms with Gasteiger partial charge in [0.15, 0.2) is 4.47 Å². The Kier molecular flexibility index (Phi) is 4.88. The predicted molar refractivity (Wildman–Crippen MR) is 78.1 cm³/mol. The molecule has 1 saturated heterocycles. The van der Waals surface area contributed by atoms with Crippen LogP contribution in [0.2, 0.25) is 4.47 Å². The number of likely N-dealkylation sites (tertiary alicyclic amines) is 1. The van der Waals surface area contributed by atoms with Crippen LogP contribution in [0.5, 0.6) is 0 Å². The SMILES string of the molecule is CC(C)(C)OC(=O)N1CC[C@H](OCc2cnc(Cl)s2)C1. The van der Waals surface area contributed by atoms with Gasteiger partial charge >= 0.3 is 6.09 Å². The molecule has 2 rings (SSSR count). The minimum atomic E-state index is -0.463. The van der Waals surface area contributed by atoms with E-state index in [0.29, 0.717) is 24.2 Å². The first kappa shape index (κ1) is 15.5. The normalized spacial score (nSPS) is 19.4. The summed E-state index contributed by atoms with van der Waals surface area (Å²) in [4.78, 5) is 18.6. The zero-order valence-electron chi connectivity index (χ0n) is 11.9. The molecule has 1 aromatic heterocycles. The minimum absolute atomic E-state index is 0.0448. The van der Waals surface area contributed by atoms with E-state index in [9.17, 15) is 4.79 Å². The molecule has 0 saturated carbocycles. The zero-order chi connectivity index (χ0) is 14.8. The minimum Gasteiger partial charge on any atom is -0.444 e. The highest BCUT2D eigenvalue weighted by molar-refractivity contribution is 7.15. The number of hydrogen-bond donors (Lipinski definition) is 0. The van der Waals surface area contributed by atoms with E-state index in [-0.39, 0.29) is 12.2 Å². The van der Waals surface area contributed by atoms with E-state index in [2.05, 4.69) is 4.98 Å². The maximum absolute atomic E-state index is 11.9. The number of rotatable bonds is 3. The summed E-state index contributed by atoms with van der Waals surface area (Å²) >= 11 is 7.17. The van der Waals surface area contributed by atoms with Crippen molar-refractivity contribution < 1.29 is 14.3 Å². The molecule has 0 unspecified atom stereocenters. The summed E-state index contributed by atoms with van der Waals surface area (Å²) in [5, 5.41) is 0. The average Bonchev–Trinajstić information content (AvgIpc) is 2.93. The van der Waals surface area contributed by atoms with Crippen LogP contribution in [0, 0.1) is 0 Å². The molecule has 0 N–H and O–H groups in total. The number of halogens is 1. The third kappa shape index (κ3) is 4.61. The van der Waals surface area contributed by atoms with E-state index < -0.39 is 5.60 Å². The van der Waals surface area contributed by atoms with E-state index in [1.54, 1.807) is 11.1 Å². The molecule has 1 fully saturated rings. The van der Waals surface area contributed by atoms with Crippen LogP contribution in [-0.4, -0.2) is 40.8 Å². The van der Waals surface area contributed by atoms with Gasteiger partial charge in [0.1, 0.15) is 5.60 Å². The molecule has 0 bridgehead atoms. The highest BCUT2D eigenvalue weighted by Gasteiger charge is 2.30. The van der Waals surface area contributed by atoms with Crippen molar-refractivity contribution in [3.05, 3.63) is 15.5 Å². The Morgan fingerprint density at radius 2 is 2.35 bits per heavy atom. The van der Waals surface area contributed by atoms with Crippen LogP contribution >= 0.6 is 22.9 Å². The maximum atomic E-state index is 11.9. The molecule has 1 aromatic rings. The van der Waals surface area contributed by atoms with Crippen molar-refractivity contribution in [1.82, 2.24) is 9.88 Å². The predicted octanol–water partition coefficient (Wildman–Crippen LogP) is 3.32. The summed E-state index contributed by atoms with van der Waals surface area (Å²) in [5.41, 5.74) is -0.463. The number of carbonyl (C=O) groups is 1. The molecule has 1 aliphatic rings. The molecule has 0 aromatic carbocycles.